The fourth-order valence-electron chi connectivity index (χ4n) is 1.64. The summed E-state index contributed by atoms with van der Waals surface area (Å²) >= 11 is 0. The van der Waals surface area contributed by atoms with E-state index in [4.69, 9.17) is 4.74 Å². The number of ether oxygens (including phenoxy) is 1. The van der Waals surface area contributed by atoms with E-state index in [2.05, 4.69) is 15.5 Å². The minimum atomic E-state index is -0.329. The number of aryl methyl sites for hydroxylation is 2. The van der Waals surface area contributed by atoms with Gasteiger partial charge >= 0.3 is 0 Å². The predicted octanol–water partition coefficient (Wildman–Crippen LogP) is 1.68. The minimum absolute atomic E-state index is 0.203. The molecule has 0 N–H and O–H groups in total. The van der Waals surface area contributed by atoms with Gasteiger partial charge in [0.2, 0.25) is 0 Å². The third-order valence-electron chi connectivity index (χ3n) is 2.57. The molecule has 1 heterocycles. The average Bonchev–Trinajstić information content (AvgIpc) is 2.76. The Hall–Kier alpha value is -1.98. The van der Waals surface area contributed by atoms with E-state index in [0.29, 0.717) is 23.5 Å². The van der Waals surface area contributed by atoms with Crippen LogP contribution in [0.4, 0.5) is 4.39 Å². The number of tetrazole rings is 1. The Morgan fingerprint density at radius 3 is 2.71 bits per heavy atom. The molecule has 0 unspecified atom stereocenters. The van der Waals surface area contributed by atoms with Crippen molar-refractivity contribution in [3.63, 3.8) is 0 Å². The molecule has 2 rings (SSSR count). The van der Waals surface area contributed by atoms with Gasteiger partial charge in [-0.2, -0.15) is 4.68 Å². The second-order valence-corrected chi connectivity index (χ2v) is 3.61. The van der Waals surface area contributed by atoms with Crippen molar-refractivity contribution < 1.29 is 9.13 Å². The van der Waals surface area contributed by atoms with E-state index in [1.165, 1.54) is 7.11 Å². The van der Waals surface area contributed by atoms with Crippen LogP contribution in [-0.4, -0.2) is 27.3 Å². The molecule has 0 fully saturated rings. The highest BCUT2D eigenvalue weighted by atomic mass is 19.1. The van der Waals surface area contributed by atoms with Crippen molar-refractivity contribution in [2.45, 2.75) is 20.3 Å². The molecule has 5 nitrogen and oxygen atoms in total. The fraction of sp³-hybridized carbons (Fsp3) is 0.364. The summed E-state index contributed by atoms with van der Waals surface area (Å²) in [4.78, 5) is 0. The molecule has 0 spiro atoms. The Bertz CT molecular complexity index is 513. The Morgan fingerprint density at radius 1 is 1.41 bits per heavy atom. The summed E-state index contributed by atoms with van der Waals surface area (Å²) in [5, 5.41) is 11.2. The lowest BCUT2D eigenvalue weighted by Crippen LogP contribution is -2.03. The molecule has 0 aliphatic carbocycles. The predicted molar refractivity (Wildman–Crippen MR) is 59.8 cm³/mol. The molecule has 1 aromatic heterocycles. The Balaban J connectivity index is 2.60. The summed E-state index contributed by atoms with van der Waals surface area (Å²) in [6.07, 6.45) is 0.581. The second kappa shape index (κ2) is 4.48. The van der Waals surface area contributed by atoms with E-state index >= 15 is 0 Å². The first-order valence-electron chi connectivity index (χ1n) is 5.29. The summed E-state index contributed by atoms with van der Waals surface area (Å²) in [5.74, 6) is 0.513. The lowest BCUT2D eigenvalue weighted by Gasteiger charge is -2.10. The van der Waals surface area contributed by atoms with Gasteiger partial charge in [0.25, 0.3) is 0 Å². The van der Waals surface area contributed by atoms with Crippen LogP contribution in [0.15, 0.2) is 12.1 Å². The molecule has 0 aliphatic heterocycles. The van der Waals surface area contributed by atoms with Gasteiger partial charge in [-0.05, 0) is 35.4 Å². The number of nitrogens with zero attached hydrogens (tertiary/aromatic N) is 4. The van der Waals surface area contributed by atoms with Crippen LogP contribution in [-0.2, 0) is 6.42 Å². The van der Waals surface area contributed by atoms with Crippen molar-refractivity contribution in [3.8, 4) is 11.4 Å². The Kier molecular flexibility index (Phi) is 3.03. The topological polar surface area (TPSA) is 52.8 Å². The number of methoxy groups -OCH3 is 1. The first-order chi connectivity index (χ1) is 8.17. The maximum Gasteiger partial charge on any atom is 0.168 e. The smallest absolute Gasteiger partial charge is 0.168 e. The van der Waals surface area contributed by atoms with Crippen LogP contribution in [0.25, 0.3) is 5.69 Å². The molecule has 0 saturated carbocycles. The molecular formula is C11H13FN4O. The largest absolute Gasteiger partial charge is 0.494 e. The summed E-state index contributed by atoms with van der Waals surface area (Å²) in [5.41, 5.74) is 1.27. The van der Waals surface area contributed by atoms with E-state index in [1.54, 1.807) is 23.7 Å². The average molecular weight is 236 g/mol. The highest BCUT2D eigenvalue weighted by Crippen LogP contribution is 2.25. The number of benzene rings is 1. The lowest BCUT2D eigenvalue weighted by molar-refractivity contribution is 0.384. The van der Waals surface area contributed by atoms with E-state index < -0.39 is 0 Å². The van der Waals surface area contributed by atoms with Crippen LogP contribution in [0.3, 0.4) is 0 Å². The van der Waals surface area contributed by atoms with Gasteiger partial charge in [0.15, 0.2) is 17.4 Å². The maximum absolute atomic E-state index is 13.8. The van der Waals surface area contributed by atoms with Gasteiger partial charge in [0, 0.05) is 6.07 Å². The Labute approximate surface area is 98.2 Å². The van der Waals surface area contributed by atoms with Gasteiger partial charge < -0.3 is 4.74 Å². The molecule has 0 bridgehead atoms. The van der Waals surface area contributed by atoms with Crippen LogP contribution in [0, 0.1) is 12.7 Å². The normalized spacial score (nSPS) is 10.6. The lowest BCUT2D eigenvalue weighted by atomic mass is 10.1. The summed E-state index contributed by atoms with van der Waals surface area (Å²) in [6, 6.07) is 3.30. The molecule has 2 aromatic rings. The van der Waals surface area contributed by atoms with Gasteiger partial charge in [-0.15, -0.1) is 5.10 Å². The molecule has 0 atom stereocenters. The third kappa shape index (κ3) is 1.98. The number of hydrogen-bond acceptors (Lipinski definition) is 4. The summed E-state index contributed by atoms with van der Waals surface area (Å²) in [6.45, 7) is 3.66. The molecule has 90 valence electrons. The van der Waals surface area contributed by atoms with E-state index in [1.807, 2.05) is 6.92 Å². The van der Waals surface area contributed by atoms with Crippen molar-refractivity contribution in [2.24, 2.45) is 0 Å². The summed E-state index contributed by atoms with van der Waals surface area (Å²) in [7, 11) is 1.44. The maximum atomic E-state index is 13.8. The zero-order valence-corrected chi connectivity index (χ0v) is 9.94. The van der Waals surface area contributed by atoms with Crippen molar-refractivity contribution in [1.29, 1.82) is 0 Å². The summed E-state index contributed by atoms with van der Waals surface area (Å²) < 4.78 is 20.4. The first kappa shape index (κ1) is 11.5. The molecule has 6 heteroatoms. The van der Waals surface area contributed by atoms with E-state index in [9.17, 15) is 4.39 Å². The molecule has 0 radical (unpaired) electrons. The second-order valence-electron chi connectivity index (χ2n) is 3.61. The van der Waals surface area contributed by atoms with Crippen LogP contribution in [0.5, 0.6) is 5.75 Å². The zero-order valence-electron chi connectivity index (χ0n) is 9.94. The van der Waals surface area contributed by atoms with Gasteiger partial charge in [0.05, 0.1) is 12.8 Å². The van der Waals surface area contributed by atoms with Crippen molar-refractivity contribution in [1.82, 2.24) is 20.2 Å². The van der Waals surface area contributed by atoms with Crippen LogP contribution >= 0.6 is 0 Å². The number of hydrogen-bond donors (Lipinski definition) is 0. The van der Waals surface area contributed by atoms with Crippen LogP contribution < -0.4 is 4.74 Å². The quantitative estimate of drug-likeness (QED) is 0.813. The monoisotopic (exact) mass is 236 g/mol. The van der Waals surface area contributed by atoms with E-state index in [0.717, 1.165) is 0 Å². The van der Waals surface area contributed by atoms with Crippen molar-refractivity contribution in [2.75, 3.05) is 7.11 Å². The van der Waals surface area contributed by atoms with Gasteiger partial charge in [-0.1, -0.05) is 6.92 Å². The molecule has 0 saturated heterocycles. The van der Waals surface area contributed by atoms with Crippen molar-refractivity contribution in [3.05, 3.63) is 29.3 Å². The fourth-order valence-corrected chi connectivity index (χ4v) is 1.64. The molecule has 1 aromatic carbocycles. The SMILES string of the molecule is CCc1cc(-n2nnnc2C)cc(OC)c1F. The molecule has 0 aliphatic rings. The third-order valence-corrected chi connectivity index (χ3v) is 2.57. The zero-order chi connectivity index (χ0) is 12.4. The minimum Gasteiger partial charge on any atom is -0.494 e. The number of halogens is 1. The molecule has 17 heavy (non-hydrogen) atoms. The van der Waals surface area contributed by atoms with Gasteiger partial charge in [-0.3, -0.25) is 0 Å². The highest BCUT2D eigenvalue weighted by Gasteiger charge is 2.13. The Morgan fingerprint density at radius 2 is 2.18 bits per heavy atom. The number of aromatic nitrogens is 4. The van der Waals surface area contributed by atoms with Gasteiger partial charge in [-0.25, -0.2) is 4.39 Å². The van der Waals surface area contributed by atoms with Crippen LogP contribution in [0.2, 0.25) is 0 Å². The number of rotatable bonds is 3. The highest BCUT2D eigenvalue weighted by molar-refractivity contribution is 5.44. The standard InChI is InChI=1S/C11H13FN4O/c1-4-8-5-9(6-10(17-3)11(8)12)16-7(2)13-14-15-16/h5-6H,4H2,1-3H3. The van der Waals surface area contributed by atoms with E-state index in [-0.39, 0.29) is 11.6 Å². The molecular weight excluding hydrogens is 223 g/mol. The van der Waals surface area contributed by atoms with Gasteiger partial charge in [0.1, 0.15) is 0 Å². The van der Waals surface area contributed by atoms with Crippen LogP contribution in [0.1, 0.15) is 18.3 Å². The molecule has 0 amide bonds. The first-order valence-corrected chi connectivity index (χ1v) is 5.29. The van der Waals surface area contributed by atoms with Crippen molar-refractivity contribution >= 4 is 0 Å².